The summed E-state index contributed by atoms with van der Waals surface area (Å²) in [5.74, 6) is -0.250. The summed E-state index contributed by atoms with van der Waals surface area (Å²) >= 11 is 0. The molecule has 1 aromatic carbocycles. The number of carbonyl (C=O) groups excluding carboxylic acids is 1. The quantitative estimate of drug-likeness (QED) is 0.848. The average Bonchev–Trinajstić information content (AvgIpc) is 3.13. The number of benzene rings is 1. The van der Waals surface area contributed by atoms with Gasteiger partial charge >= 0.3 is 6.03 Å². The molecule has 2 aliphatic rings. The largest absolute Gasteiger partial charge is 0.320 e. The molecule has 0 spiro atoms. The van der Waals surface area contributed by atoms with Crippen LogP contribution < -0.4 is 0 Å². The van der Waals surface area contributed by atoms with Gasteiger partial charge in [-0.25, -0.2) is 9.18 Å². The van der Waals surface area contributed by atoms with Crippen molar-refractivity contribution >= 4 is 6.03 Å². The molecule has 0 aliphatic carbocycles. The number of rotatable bonds is 4. The van der Waals surface area contributed by atoms with Gasteiger partial charge in [-0.2, -0.15) is 5.10 Å². The minimum atomic E-state index is -0.250. The van der Waals surface area contributed by atoms with Gasteiger partial charge in [-0.15, -0.1) is 0 Å². The molecule has 0 bridgehead atoms. The molecule has 0 radical (unpaired) electrons. The molecule has 0 N–H and O–H groups in total. The van der Waals surface area contributed by atoms with E-state index in [1.807, 2.05) is 33.9 Å². The van der Waals surface area contributed by atoms with Crippen LogP contribution in [0.3, 0.4) is 0 Å². The average molecular weight is 343 g/mol. The second-order valence-electron chi connectivity index (χ2n) is 6.89. The molecule has 2 amide bonds. The first-order valence-corrected chi connectivity index (χ1v) is 8.58. The van der Waals surface area contributed by atoms with Crippen molar-refractivity contribution in [2.75, 3.05) is 26.2 Å². The maximum atomic E-state index is 13.0. The van der Waals surface area contributed by atoms with E-state index in [0.717, 1.165) is 38.3 Å². The SMILES string of the molecule is Cn1cc(CN2CCN3C(=O)N(Cc4ccc(F)cc4)CC3C2)cn1. The molecule has 2 aliphatic heterocycles. The zero-order chi connectivity index (χ0) is 17.4. The highest BCUT2D eigenvalue weighted by Crippen LogP contribution is 2.23. The molecule has 1 unspecified atom stereocenters. The Balaban J connectivity index is 1.38. The third kappa shape index (κ3) is 3.37. The Morgan fingerprint density at radius 1 is 1.12 bits per heavy atom. The number of urea groups is 1. The summed E-state index contributed by atoms with van der Waals surface area (Å²) in [5.41, 5.74) is 2.16. The van der Waals surface area contributed by atoms with E-state index in [1.54, 1.807) is 12.1 Å². The second kappa shape index (κ2) is 6.48. The summed E-state index contributed by atoms with van der Waals surface area (Å²) in [6, 6.07) is 6.69. The van der Waals surface area contributed by atoms with Gasteiger partial charge in [-0.3, -0.25) is 9.58 Å². The molecule has 0 saturated carbocycles. The first kappa shape index (κ1) is 16.1. The summed E-state index contributed by atoms with van der Waals surface area (Å²) in [6.07, 6.45) is 3.93. The maximum Gasteiger partial charge on any atom is 0.320 e. The number of aryl methyl sites for hydroxylation is 1. The van der Waals surface area contributed by atoms with Crippen molar-refractivity contribution in [1.82, 2.24) is 24.5 Å². The van der Waals surface area contributed by atoms with Crippen molar-refractivity contribution < 1.29 is 9.18 Å². The first-order chi connectivity index (χ1) is 12.1. The second-order valence-corrected chi connectivity index (χ2v) is 6.89. The van der Waals surface area contributed by atoms with Gasteiger partial charge in [0.25, 0.3) is 0 Å². The van der Waals surface area contributed by atoms with Crippen molar-refractivity contribution in [3.05, 3.63) is 53.6 Å². The Bertz CT molecular complexity index is 759. The van der Waals surface area contributed by atoms with Gasteiger partial charge < -0.3 is 9.80 Å². The normalized spacial score (nSPS) is 21.0. The highest BCUT2D eigenvalue weighted by Gasteiger charge is 2.40. The van der Waals surface area contributed by atoms with Crippen LogP contribution >= 0.6 is 0 Å². The zero-order valence-electron chi connectivity index (χ0n) is 14.3. The van der Waals surface area contributed by atoms with Crippen molar-refractivity contribution in [3.63, 3.8) is 0 Å². The molecule has 6 nitrogen and oxygen atoms in total. The number of hydrogen-bond donors (Lipinski definition) is 0. The fourth-order valence-electron chi connectivity index (χ4n) is 3.74. The standard InChI is InChI=1S/C18H22FN5O/c1-21-9-15(8-20-21)10-22-6-7-24-17(12-22)13-23(18(24)25)11-14-2-4-16(19)5-3-14/h2-5,8-9,17H,6-7,10-13H2,1H3. The zero-order valence-corrected chi connectivity index (χ0v) is 14.3. The van der Waals surface area contributed by atoms with Gasteiger partial charge in [0.05, 0.1) is 12.2 Å². The number of carbonyl (C=O) groups is 1. The van der Waals surface area contributed by atoms with Gasteiger partial charge in [-0.05, 0) is 17.7 Å². The Morgan fingerprint density at radius 3 is 2.64 bits per heavy atom. The van der Waals surface area contributed by atoms with Crippen LogP contribution in [0, 0.1) is 5.82 Å². The van der Waals surface area contributed by atoms with E-state index in [4.69, 9.17) is 0 Å². The lowest BCUT2D eigenvalue weighted by Gasteiger charge is -2.36. The Morgan fingerprint density at radius 2 is 1.92 bits per heavy atom. The summed E-state index contributed by atoms with van der Waals surface area (Å²) in [7, 11) is 1.92. The monoisotopic (exact) mass is 343 g/mol. The molecular weight excluding hydrogens is 321 g/mol. The van der Waals surface area contributed by atoms with Gasteiger partial charge in [-0.1, -0.05) is 12.1 Å². The highest BCUT2D eigenvalue weighted by atomic mass is 19.1. The number of piperazine rings is 1. The summed E-state index contributed by atoms with van der Waals surface area (Å²) in [5, 5.41) is 4.22. The molecule has 132 valence electrons. The summed E-state index contributed by atoms with van der Waals surface area (Å²) < 4.78 is 14.9. The predicted molar refractivity (Wildman–Crippen MR) is 91.2 cm³/mol. The molecular formula is C18H22FN5O. The molecule has 3 heterocycles. The lowest BCUT2D eigenvalue weighted by molar-refractivity contribution is 0.116. The minimum Gasteiger partial charge on any atom is -0.318 e. The lowest BCUT2D eigenvalue weighted by Crippen LogP contribution is -2.51. The number of aromatic nitrogens is 2. The van der Waals surface area contributed by atoms with Gasteiger partial charge in [0.2, 0.25) is 0 Å². The minimum absolute atomic E-state index is 0.0929. The number of nitrogens with zero attached hydrogens (tertiary/aromatic N) is 5. The Hall–Kier alpha value is -2.41. The van der Waals surface area contributed by atoms with E-state index in [9.17, 15) is 9.18 Å². The van der Waals surface area contributed by atoms with Crippen LogP contribution in [0.4, 0.5) is 9.18 Å². The highest BCUT2D eigenvalue weighted by molar-refractivity contribution is 5.77. The van der Waals surface area contributed by atoms with Crippen molar-refractivity contribution in [2.45, 2.75) is 19.1 Å². The number of halogens is 1. The van der Waals surface area contributed by atoms with Crippen LogP contribution in [0.15, 0.2) is 36.7 Å². The van der Waals surface area contributed by atoms with Crippen LogP contribution in [-0.2, 0) is 20.1 Å². The van der Waals surface area contributed by atoms with Crippen molar-refractivity contribution in [1.29, 1.82) is 0 Å². The van der Waals surface area contributed by atoms with Crippen molar-refractivity contribution in [2.24, 2.45) is 7.05 Å². The van der Waals surface area contributed by atoms with Crippen molar-refractivity contribution in [3.8, 4) is 0 Å². The molecule has 1 aromatic heterocycles. The molecule has 2 fully saturated rings. The van der Waals surface area contributed by atoms with E-state index in [0.29, 0.717) is 6.54 Å². The number of amides is 2. The molecule has 2 aromatic rings. The van der Waals surface area contributed by atoms with Crippen LogP contribution in [0.2, 0.25) is 0 Å². The number of hydrogen-bond acceptors (Lipinski definition) is 3. The van der Waals surface area contributed by atoms with Crippen LogP contribution in [0.25, 0.3) is 0 Å². The third-order valence-corrected chi connectivity index (χ3v) is 4.97. The fraction of sp³-hybridized carbons (Fsp3) is 0.444. The van der Waals surface area contributed by atoms with E-state index in [2.05, 4.69) is 10.00 Å². The number of fused-ring (bicyclic) bond motifs is 1. The van der Waals surface area contributed by atoms with E-state index in [1.165, 1.54) is 17.7 Å². The molecule has 4 rings (SSSR count). The van der Waals surface area contributed by atoms with E-state index in [-0.39, 0.29) is 17.9 Å². The Kier molecular flexibility index (Phi) is 4.17. The van der Waals surface area contributed by atoms with E-state index >= 15 is 0 Å². The molecule has 2 saturated heterocycles. The smallest absolute Gasteiger partial charge is 0.318 e. The van der Waals surface area contributed by atoms with Gasteiger partial charge in [0, 0.05) is 58.1 Å². The molecule has 1 atom stereocenters. The lowest BCUT2D eigenvalue weighted by atomic mass is 10.1. The fourth-order valence-corrected chi connectivity index (χ4v) is 3.74. The van der Waals surface area contributed by atoms with Crippen LogP contribution in [0.1, 0.15) is 11.1 Å². The summed E-state index contributed by atoms with van der Waals surface area (Å²) in [4.78, 5) is 18.8. The molecule has 25 heavy (non-hydrogen) atoms. The first-order valence-electron chi connectivity index (χ1n) is 8.58. The van der Waals surface area contributed by atoms with E-state index < -0.39 is 0 Å². The Labute approximate surface area is 146 Å². The predicted octanol–water partition coefficient (Wildman–Crippen LogP) is 1.68. The molecule has 7 heteroatoms. The topological polar surface area (TPSA) is 44.6 Å². The summed E-state index contributed by atoms with van der Waals surface area (Å²) in [6.45, 7) is 4.63. The maximum absolute atomic E-state index is 13.0. The van der Waals surface area contributed by atoms with Gasteiger partial charge in [0.15, 0.2) is 0 Å². The third-order valence-electron chi connectivity index (χ3n) is 4.97. The van der Waals surface area contributed by atoms with Crippen LogP contribution in [0.5, 0.6) is 0 Å². The van der Waals surface area contributed by atoms with Gasteiger partial charge in [0.1, 0.15) is 5.82 Å². The van der Waals surface area contributed by atoms with Crippen LogP contribution in [-0.4, -0.2) is 62.7 Å².